The zero-order valence-electron chi connectivity index (χ0n) is 53.9. The molecule has 90 heavy (non-hydrogen) atoms. The van der Waals surface area contributed by atoms with Crippen LogP contribution in [0.3, 0.4) is 0 Å². The quantitative estimate of drug-likeness (QED) is 0.0148. The van der Waals surface area contributed by atoms with Crippen molar-refractivity contribution < 1.29 is 117 Å². The summed E-state index contributed by atoms with van der Waals surface area (Å²) >= 11 is 0. The molecule has 0 spiro atoms. The molecule has 1 saturated carbocycles. The van der Waals surface area contributed by atoms with E-state index in [1.165, 1.54) is 0 Å². The van der Waals surface area contributed by atoms with E-state index in [4.69, 9.17) is 69.5 Å². The Hall–Kier alpha value is -5.79. The van der Waals surface area contributed by atoms with Gasteiger partial charge < -0.3 is 47.2 Å². The van der Waals surface area contributed by atoms with E-state index in [0.29, 0.717) is 43.4 Å². The number of phosphoric ester groups is 2. The zero-order valence-corrected chi connectivity index (χ0v) is 55.7. The molecule has 0 radical (unpaired) electrons. The Morgan fingerprint density at radius 1 is 0.478 bits per heavy atom. The van der Waals surface area contributed by atoms with Crippen molar-refractivity contribution in [2.45, 2.75) is 247 Å². The van der Waals surface area contributed by atoms with Gasteiger partial charge in [-0.25, -0.2) is 23.0 Å². The SMILES string of the molecule is CCCCCCCC(=O)OC[C@H](COP(=O)(OCOC(C)=O)O[C@@H]1[C@H](OC(=O)CCC)[C@H](OP(=O)(OCOC(C)=O)OCc2cc(=O)oc3cc(N(CC)CC)ccc23)[C@@H](OC(=O)CCC)[C@H](OC(=O)CCC)[C@H]1OC(=O)CCC)OC(=O)CCCCCCC. The Bertz CT molecular complexity index is 2730. The maximum atomic E-state index is 15.7. The number of ether oxygens (including phenoxy) is 8. The minimum absolute atomic E-state index is 0.0148. The number of hydrogen-bond donors (Lipinski definition) is 0. The van der Waals surface area contributed by atoms with Gasteiger partial charge in [0.05, 0.1) is 13.2 Å². The topological polar surface area (TPSA) is 333 Å². The first kappa shape index (κ1) is 78.5. The van der Waals surface area contributed by atoms with Crippen LogP contribution in [0.1, 0.15) is 203 Å². The average molecular weight is 1320 g/mol. The molecule has 27 nitrogen and oxygen atoms in total. The molecule has 0 saturated heterocycles. The van der Waals surface area contributed by atoms with E-state index in [1.54, 1.807) is 45.9 Å². The van der Waals surface area contributed by atoms with E-state index in [2.05, 4.69) is 0 Å². The monoisotopic (exact) mass is 1320 g/mol. The number of carbonyl (C=O) groups is 8. The molecule has 1 fully saturated rings. The van der Waals surface area contributed by atoms with Gasteiger partial charge in [0.15, 0.2) is 30.5 Å². The molecular weight excluding hydrogens is 1220 g/mol. The van der Waals surface area contributed by atoms with E-state index in [0.717, 1.165) is 64.9 Å². The molecule has 1 aliphatic rings. The number of rotatable bonds is 46. The van der Waals surface area contributed by atoms with E-state index in [1.807, 2.05) is 32.6 Å². The highest BCUT2D eigenvalue weighted by Crippen LogP contribution is 2.57. The Morgan fingerprint density at radius 3 is 1.36 bits per heavy atom. The zero-order chi connectivity index (χ0) is 66.7. The number of anilines is 1. The molecule has 1 aliphatic carbocycles. The summed E-state index contributed by atoms with van der Waals surface area (Å²) in [5, 5.41) is 0.292. The van der Waals surface area contributed by atoms with Crippen LogP contribution >= 0.6 is 15.6 Å². The molecule has 2 unspecified atom stereocenters. The first-order chi connectivity index (χ1) is 43.0. The second-order valence-electron chi connectivity index (χ2n) is 21.3. The summed E-state index contributed by atoms with van der Waals surface area (Å²) in [5.74, 6) is -7.46. The van der Waals surface area contributed by atoms with Gasteiger partial charge >= 0.3 is 69.0 Å². The van der Waals surface area contributed by atoms with E-state index in [9.17, 15) is 43.2 Å². The third-order valence-corrected chi connectivity index (χ3v) is 16.5. The van der Waals surface area contributed by atoms with E-state index < -0.39 is 145 Å². The van der Waals surface area contributed by atoms with Gasteiger partial charge in [-0.2, -0.15) is 0 Å². The van der Waals surface area contributed by atoms with Crippen LogP contribution in [0.2, 0.25) is 0 Å². The van der Waals surface area contributed by atoms with Gasteiger partial charge in [0.25, 0.3) is 0 Å². The van der Waals surface area contributed by atoms with Crippen molar-refractivity contribution in [1.82, 2.24) is 0 Å². The molecule has 1 heterocycles. The second-order valence-corrected chi connectivity index (χ2v) is 24.5. The predicted octanol–water partition coefficient (Wildman–Crippen LogP) is 11.3. The number of esters is 8. The van der Waals surface area contributed by atoms with E-state index in [-0.39, 0.29) is 75.4 Å². The van der Waals surface area contributed by atoms with Gasteiger partial charge in [-0.3, -0.25) is 56.5 Å². The average Bonchev–Trinajstić information content (AvgIpc) is 1.69. The first-order valence-corrected chi connectivity index (χ1v) is 34.3. The lowest BCUT2D eigenvalue weighted by Crippen LogP contribution is -2.68. The Balaban J connectivity index is 2.44. The van der Waals surface area contributed by atoms with Gasteiger partial charge in [0.2, 0.25) is 13.6 Å². The summed E-state index contributed by atoms with van der Waals surface area (Å²) in [5.41, 5.74) is -0.00431. The van der Waals surface area contributed by atoms with Crippen LogP contribution < -0.4 is 10.5 Å². The smallest absolute Gasteiger partial charge is 0.462 e. The highest BCUT2D eigenvalue weighted by molar-refractivity contribution is 7.48. The molecule has 510 valence electrons. The summed E-state index contributed by atoms with van der Waals surface area (Å²) < 4.78 is 118. The minimum Gasteiger partial charge on any atom is -0.462 e. The molecule has 3 rings (SSSR count). The molecule has 1 aromatic heterocycles. The second kappa shape index (κ2) is 42.4. The Kier molecular flexibility index (Phi) is 36.9. The number of fused-ring (bicyclic) bond motifs is 1. The summed E-state index contributed by atoms with van der Waals surface area (Å²) in [7, 11) is -11.1. The van der Waals surface area contributed by atoms with E-state index >= 15 is 9.13 Å². The maximum absolute atomic E-state index is 15.7. The van der Waals surface area contributed by atoms with Crippen LogP contribution in [-0.2, 0) is 119 Å². The molecule has 0 amide bonds. The van der Waals surface area contributed by atoms with Gasteiger partial charge in [-0.05, 0) is 70.1 Å². The van der Waals surface area contributed by atoms with Crippen molar-refractivity contribution in [3.05, 3.63) is 40.2 Å². The summed E-state index contributed by atoms with van der Waals surface area (Å²) in [4.78, 5) is 122. The lowest BCUT2D eigenvalue weighted by atomic mass is 9.84. The van der Waals surface area contributed by atoms with Crippen molar-refractivity contribution >= 4 is 80.1 Å². The van der Waals surface area contributed by atoms with Crippen LogP contribution in [0, 0.1) is 0 Å². The van der Waals surface area contributed by atoms with Gasteiger partial charge in [0, 0.05) is 88.7 Å². The minimum atomic E-state index is -5.60. The molecule has 0 N–H and O–H groups in total. The molecule has 0 aliphatic heterocycles. The standard InChI is InChI=1S/C61H95NO26P2/c1-11-19-21-23-25-31-49(65)74-38-46(81-54(70)32-26-24-22-20-12-2)39-78-90(73,80-41-76-43(10)64)88-61-58(85-52(68)29-15-5)56(83-50(66)27-13-3)57(84-51(67)28-14-4)60(59(61)86-53(69)30-16-6)87-89(72,79-40-75-42(9)63)77-37-44-35-55(71)82-48-36-45(33-34-47(44)48)62(17-7)18-8/h33-36,46,56-61H,11-32,37-41H2,1-10H3/t46-,56+,57+,58-,59-,60-,61+,89?,90?/m1/s1. The number of hydrogen-bond acceptors (Lipinski definition) is 27. The van der Waals surface area contributed by atoms with Crippen LogP contribution in [0.25, 0.3) is 11.0 Å². The van der Waals surface area contributed by atoms with Gasteiger partial charge in [0.1, 0.15) is 24.4 Å². The van der Waals surface area contributed by atoms with Crippen LogP contribution in [-0.4, -0.2) is 130 Å². The van der Waals surface area contributed by atoms with Gasteiger partial charge in [-0.15, -0.1) is 0 Å². The molecule has 29 heteroatoms. The number of carbonyl (C=O) groups excluding carboxylic acids is 8. The van der Waals surface area contributed by atoms with Crippen molar-refractivity contribution in [3.63, 3.8) is 0 Å². The summed E-state index contributed by atoms with van der Waals surface area (Å²) in [6, 6.07) is 6.02. The summed E-state index contributed by atoms with van der Waals surface area (Å²) in [6.07, 6.45) is -8.12. The lowest BCUT2D eigenvalue weighted by Gasteiger charge is -2.48. The van der Waals surface area contributed by atoms with Crippen LogP contribution in [0.5, 0.6) is 0 Å². The third-order valence-electron chi connectivity index (χ3n) is 13.7. The summed E-state index contributed by atoms with van der Waals surface area (Å²) in [6.45, 7) is 12.8. The first-order valence-electron chi connectivity index (χ1n) is 31.4. The molecule has 9 atom stereocenters. The van der Waals surface area contributed by atoms with Crippen LogP contribution in [0.4, 0.5) is 5.69 Å². The normalized spacial score (nSPS) is 18.9. The highest BCUT2D eigenvalue weighted by atomic mass is 31.2. The van der Waals surface area contributed by atoms with Crippen molar-refractivity contribution in [3.8, 4) is 0 Å². The molecule has 1 aromatic carbocycles. The fourth-order valence-corrected chi connectivity index (χ4v) is 11.7. The number of benzene rings is 1. The third kappa shape index (κ3) is 28.4. The number of phosphoric acid groups is 2. The number of nitrogens with zero attached hydrogens (tertiary/aromatic N) is 1. The Labute approximate surface area is 527 Å². The fraction of sp³-hybridized carbons (Fsp3) is 0.721. The van der Waals surface area contributed by atoms with Gasteiger partial charge in [-0.1, -0.05) is 92.9 Å². The molecule has 2 aromatic rings. The van der Waals surface area contributed by atoms with Crippen molar-refractivity contribution in [2.75, 3.05) is 44.8 Å². The van der Waals surface area contributed by atoms with Crippen LogP contribution in [0.15, 0.2) is 33.5 Å². The highest BCUT2D eigenvalue weighted by Gasteiger charge is 2.63. The lowest BCUT2D eigenvalue weighted by molar-refractivity contribution is -0.250. The molecule has 0 bridgehead atoms. The predicted molar refractivity (Wildman–Crippen MR) is 324 cm³/mol. The fourth-order valence-electron chi connectivity index (χ4n) is 9.21. The Morgan fingerprint density at radius 2 is 0.911 bits per heavy atom. The molecular formula is C61H95NO26P2. The number of unbranched alkanes of at least 4 members (excludes halogenated alkanes) is 8. The van der Waals surface area contributed by atoms with Crippen molar-refractivity contribution in [1.29, 1.82) is 0 Å². The van der Waals surface area contributed by atoms with Crippen molar-refractivity contribution in [2.24, 2.45) is 0 Å². The largest absolute Gasteiger partial charge is 0.478 e. The maximum Gasteiger partial charge on any atom is 0.478 e.